The summed E-state index contributed by atoms with van der Waals surface area (Å²) in [6, 6.07) is 15.4. The molecule has 6 heteroatoms. The molecule has 0 unspecified atom stereocenters. The first kappa shape index (κ1) is 21.0. The second kappa shape index (κ2) is 10.7. The van der Waals surface area contributed by atoms with Crippen LogP contribution in [0.3, 0.4) is 0 Å². The summed E-state index contributed by atoms with van der Waals surface area (Å²) in [6.45, 7) is 5.14. The van der Waals surface area contributed by atoms with E-state index in [0.29, 0.717) is 24.6 Å². The molecular weight excluding hydrogens is 427 g/mol. The molecule has 134 valence electrons. The molecule has 0 aliphatic carbocycles. The maximum atomic E-state index is 12.0. The Morgan fingerprint density at radius 1 is 1.16 bits per heavy atom. The van der Waals surface area contributed by atoms with Gasteiger partial charge in [0.25, 0.3) is 5.91 Å². The monoisotopic (exact) mass is 452 g/mol. The van der Waals surface area contributed by atoms with E-state index < -0.39 is 0 Å². The van der Waals surface area contributed by atoms with E-state index in [1.165, 1.54) is 0 Å². The number of nitrogens with one attached hydrogen (secondary N) is 2. The summed E-state index contributed by atoms with van der Waals surface area (Å²) in [6.07, 6.45) is 0.914. The molecule has 0 aromatic heterocycles. The van der Waals surface area contributed by atoms with Crippen molar-refractivity contribution in [3.63, 3.8) is 0 Å². The van der Waals surface area contributed by atoms with Crippen molar-refractivity contribution < 1.29 is 4.79 Å². The van der Waals surface area contributed by atoms with Crippen molar-refractivity contribution >= 4 is 41.5 Å². The Bertz CT molecular complexity index is 731. The van der Waals surface area contributed by atoms with Crippen molar-refractivity contribution in [1.82, 2.24) is 5.32 Å². The smallest absolute Gasteiger partial charge is 0.251 e. The van der Waals surface area contributed by atoms with E-state index in [-0.39, 0.29) is 29.9 Å². The maximum absolute atomic E-state index is 12.0. The van der Waals surface area contributed by atoms with Crippen LogP contribution in [0.25, 0.3) is 0 Å². The minimum atomic E-state index is -0.0615. The van der Waals surface area contributed by atoms with E-state index in [1.54, 1.807) is 6.07 Å². The number of halogens is 1. The van der Waals surface area contributed by atoms with Gasteiger partial charge in [-0.2, -0.15) is 0 Å². The van der Waals surface area contributed by atoms with Gasteiger partial charge >= 0.3 is 0 Å². The van der Waals surface area contributed by atoms with Gasteiger partial charge in [0.2, 0.25) is 0 Å². The molecule has 0 saturated heterocycles. The summed E-state index contributed by atoms with van der Waals surface area (Å²) < 4.78 is 0. The maximum Gasteiger partial charge on any atom is 0.251 e. The van der Waals surface area contributed by atoms with Gasteiger partial charge in [0, 0.05) is 17.8 Å². The molecule has 1 amide bonds. The molecule has 4 N–H and O–H groups in total. The molecule has 0 atom stereocenters. The zero-order valence-corrected chi connectivity index (χ0v) is 16.9. The second-order valence-corrected chi connectivity index (χ2v) is 5.65. The van der Waals surface area contributed by atoms with Crippen LogP contribution in [0.4, 0.5) is 5.69 Å². The van der Waals surface area contributed by atoms with E-state index in [1.807, 2.05) is 56.3 Å². The summed E-state index contributed by atoms with van der Waals surface area (Å²) in [7, 11) is 0. The highest BCUT2D eigenvalue weighted by Gasteiger charge is 2.05. The second-order valence-electron chi connectivity index (χ2n) is 5.65. The Labute approximate surface area is 166 Å². The lowest BCUT2D eigenvalue weighted by Gasteiger charge is -2.07. The standard InChI is InChI=1S/C19H24N4O.HI/c1-3-10-21-18(24)16-8-5-7-15(12-16)13-22-19(20)23-17-9-4-6-14(2)11-17;/h4-9,11-12H,3,10,13H2,1-2H3,(H,21,24)(H3,20,22,23);1H. The molecule has 0 heterocycles. The lowest BCUT2D eigenvalue weighted by atomic mass is 10.1. The Kier molecular flexibility index (Phi) is 8.98. The third-order valence-electron chi connectivity index (χ3n) is 3.45. The number of carbonyl (C=O) groups is 1. The summed E-state index contributed by atoms with van der Waals surface area (Å²) in [5.74, 6) is 0.287. The fourth-order valence-electron chi connectivity index (χ4n) is 2.24. The van der Waals surface area contributed by atoms with Gasteiger partial charge in [0.05, 0.1) is 6.54 Å². The first-order valence-corrected chi connectivity index (χ1v) is 8.09. The van der Waals surface area contributed by atoms with Gasteiger partial charge in [0.15, 0.2) is 5.96 Å². The van der Waals surface area contributed by atoms with Crippen LogP contribution in [0, 0.1) is 6.92 Å². The summed E-state index contributed by atoms with van der Waals surface area (Å²) in [5, 5.41) is 5.93. The van der Waals surface area contributed by atoms with Crippen LogP contribution in [0.5, 0.6) is 0 Å². The molecule has 5 nitrogen and oxygen atoms in total. The zero-order valence-electron chi connectivity index (χ0n) is 14.6. The Morgan fingerprint density at radius 2 is 1.92 bits per heavy atom. The van der Waals surface area contributed by atoms with Crippen molar-refractivity contribution in [2.24, 2.45) is 10.7 Å². The lowest BCUT2D eigenvalue weighted by molar-refractivity contribution is 0.0953. The molecule has 0 radical (unpaired) electrons. The molecule has 0 fully saturated rings. The summed E-state index contributed by atoms with van der Waals surface area (Å²) in [4.78, 5) is 16.3. The number of anilines is 1. The number of amides is 1. The molecule has 0 saturated carbocycles. The van der Waals surface area contributed by atoms with E-state index >= 15 is 0 Å². The number of aliphatic imine (C=N–C) groups is 1. The fourth-order valence-corrected chi connectivity index (χ4v) is 2.24. The first-order chi connectivity index (χ1) is 11.6. The number of carbonyl (C=O) groups excluding carboxylic acids is 1. The van der Waals surface area contributed by atoms with Crippen LogP contribution in [0.15, 0.2) is 53.5 Å². The van der Waals surface area contributed by atoms with Crippen LogP contribution >= 0.6 is 24.0 Å². The van der Waals surface area contributed by atoms with E-state index in [4.69, 9.17) is 5.73 Å². The van der Waals surface area contributed by atoms with Crippen molar-refractivity contribution in [1.29, 1.82) is 0 Å². The lowest BCUT2D eigenvalue weighted by Crippen LogP contribution is -2.24. The average Bonchev–Trinajstić information content (AvgIpc) is 2.58. The Hall–Kier alpha value is -2.09. The summed E-state index contributed by atoms with van der Waals surface area (Å²) in [5.41, 5.74) is 9.56. The number of benzene rings is 2. The zero-order chi connectivity index (χ0) is 17.4. The number of nitrogens with two attached hydrogens (primary N) is 1. The number of aryl methyl sites for hydroxylation is 1. The van der Waals surface area contributed by atoms with Crippen molar-refractivity contribution in [3.8, 4) is 0 Å². The Balaban J connectivity index is 0.00000312. The van der Waals surface area contributed by atoms with E-state index in [9.17, 15) is 4.79 Å². The minimum Gasteiger partial charge on any atom is -0.370 e. The number of hydrogen-bond donors (Lipinski definition) is 3. The number of guanidine groups is 1. The largest absolute Gasteiger partial charge is 0.370 e. The molecule has 0 aliphatic rings. The summed E-state index contributed by atoms with van der Waals surface area (Å²) >= 11 is 0. The minimum absolute atomic E-state index is 0. The van der Waals surface area contributed by atoms with E-state index in [2.05, 4.69) is 15.6 Å². The van der Waals surface area contributed by atoms with Gasteiger partial charge in [-0.3, -0.25) is 4.79 Å². The first-order valence-electron chi connectivity index (χ1n) is 8.09. The third kappa shape index (κ3) is 7.13. The van der Waals surface area contributed by atoms with Crippen LogP contribution in [-0.4, -0.2) is 18.4 Å². The molecule has 2 aromatic rings. The van der Waals surface area contributed by atoms with Gasteiger partial charge in [0.1, 0.15) is 0 Å². The Morgan fingerprint density at radius 3 is 2.64 bits per heavy atom. The van der Waals surface area contributed by atoms with Crippen LogP contribution in [-0.2, 0) is 6.54 Å². The van der Waals surface area contributed by atoms with Crippen LogP contribution in [0.1, 0.15) is 34.8 Å². The van der Waals surface area contributed by atoms with Gasteiger partial charge in [-0.05, 0) is 48.7 Å². The van der Waals surface area contributed by atoms with Gasteiger partial charge in [-0.15, -0.1) is 24.0 Å². The average molecular weight is 452 g/mol. The molecule has 0 bridgehead atoms. The molecule has 0 spiro atoms. The topological polar surface area (TPSA) is 79.5 Å². The quantitative estimate of drug-likeness (QED) is 0.356. The highest BCUT2D eigenvalue weighted by atomic mass is 127. The molecule has 2 aromatic carbocycles. The molecule has 25 heavy (non-hydrogen) atoms. The SMILES string of the molecule is CCCNC(=O)c1cccc(CN=C(N)Nc2cccc(C)c2)c1.I. The molecule has 2 rings (SSSR count). The van der Waals surface area contributed by atoms with Gasteiger partial charge < -0.3 is 16.4 Å². The highest BCUT2D eigenvalue weighted by Crippen LogP contribution is 2.10. The molecular formula is C19H25IN4O. The third-order valence-corrected chi connectivity index (χ3v) is 3.45. The highest BCUT2D eigenvalue weighted by molar-refractivity contribution is 14.0. The normalized spacial score (nSPS) is 10.7. The van der Waals surface area contributed by atoms with Gasteiger partial charge in [-0.25, -0.2) is 4.99 Å². The van der Waals surface area contributed by atoms with Crippen molar-refractivity contribution in [2.45, 2.75) is 26.8 Å². The van der Waals surface area contributed by atoms with Crippen molar-refractivity contribution in [2.75, 3.05) is 11.9 Å². The molecule has 0 aliphatic heterocycles. The number of hydrogen-bond acceptors (Lipinski definition) is 2. The van der Waals surface area contributed by atoms with Crippen LogP contribution < -0.4 is 16.4 Å². The number of nitrogens with zero attached hydrogens (tertiary/aromatic N) is 1. The number of rotatable bonds is 6. The predicted octanol–water partition coefficient (Wildman–Crippen LogP) is 3.68. The van der Waals surface area contributed by atoms with Crippen molar-refractivity contribution in [3.05, 3.63) is 65.2 Å². The van der Waals surface area contributed by atoms with Gasteiger partial charge in [-0.1, -0.05) is 31.2 Å². The predicted molar refractivity (Wildman–Crippen MR) is 115 cm³/mol. The fraction of sp³-hybridized carbons (Fsp3) is 0.263. The van der Waals surface area contributed by atoms with Crippen LogP contribution in [0.2, 0.25) is 0 Å². The van der Waals surface area contributed by atoms with E-state index in [0.717, 1.165) is 23.2 Å².